The maximum absolute atomic E-state index is 11.8. The first-order chi connectivity index (χ1) is 9.00. The van der Waals surface area contributed by atoms with E-state index >= 15 is 0 Å². The number of hydrogen-bond acceptors (Lipinski definition) is 3. The Bertz CT molecular complexity index is 441. The average molecular weight is 327 g/mol. The first-order valence-corrected chi connectivity index (χ1v) is 7.30. The van der Waals surface area contributed by atoms with Crippen molar-refractivity contribution in [1.82, 2.24) is 4.90 Å². The Morgan fingerprint density at radius 1 is 1.42 bits per heavy atom. The van der Waals surface area contributed by atoms with E-state index in [0.717, 1.165) is 23.0 Å². The van der Waals surface area contributed by atoms with Gasteiger partial charge >= 0.3 is 0 Å². The lowest BCUT2D eigenvalue weighted by Gasteiger charge is -2.46. The van der Waals surface area contributed by atoms with Crippen LogP contribution in [0.2, 0.25) is 0 Å². The Morgan fingerprint density at radius 2 is 2.05 bits per heavy atom. The molecular weight excluding hydrogens is 308 g/mol. The number of carbonyl (C=O) groups is 1. The van der Waals surface area contributed by atoms with Crippen molar-refractivity contribution in [2.24, 2.45) is 0 Å². The third kappa shape index (κ3) is 4.03. The van der Waals surface area contributed by atoms with Gasteiger partial charge in [-0.1, -0.05) is 29.3 Å². The number of nitrogens with zero attached hydrogens (tertiary/aromatic N) is 1. The zero-order valence-electron chi connectivity index (χ0n) is 11.0. The van der Waals surface area contributed by atoms with Gasteiger partial charge in [0.05, 0.1) is 12.1 Å². The Balaban J connectivity index is 1.76. The molecule has 0 bridgehead atoms. The van der Waals surface area contributed by atoms with E-state index in [2.05, 4.69) is 28.2 Å². The van der Waals surface area contributed by atoms with Gasteiger partial charge in [-0.25, -0.2) is 0 Å². The fourth-order valence-electron chi connectivity index (χ4n) is 2.46. The second-order valence-corrected chi connectivity index (χ2v) is 6.09. The summed E-state index contributed by atoms with van der Waals surface area (Å²) in [6.45, 7) is 3.58. The highest BCUT2D eigenvalue weighted by atomic mass is 79.9. The monoisotopic (exact) mass is 326 g/mol. The van der Waals surface area contributed by atoms with Crippen LogP contribution >= 0.6 is 15.9 Å². The molecule has 19 heavy (non-hydrogen) atoms. The van der Waals surface area contributed by atoms with E-state index in [-0.39, 0.29) is 5.91 Å². The highest BCUT2D eigenvalue weighted by molar-refractivity contribution is 9.10. The number of hydrogen-bond donors (Lipinski definition) is 2. The number of nitrogens with one attached hydrogen (secondary N) is 1. The largest absolute Gasteiger partial charge is 0.387 e. The molecule has 2 rings (SSSR count). The van der Waals surface area contributed by atoms with E-state index in [1.807, 2.05) is 29.2 Å². The Morgan fingerprint density at radius 3 is 2.63 bits per heavy atom. The van der Waals surface area contributed by atoms with Crippen molar-refractivity contribution in [3.05, 3.63) is 28.7 Å². The fourth-order valence-corrected chi connectivity index (χ4v) is 2.72. The lowest BCUT2D eigenvalue weighted by Crippen LogP contribution is -2.62. The van der Waals surface area contributed by atoms with Crippen molar-refractivity contribution in [2.75, 3.05) is 25.0 Å². The highest BCUT2D eigenvalue weighted by Gasteiger charge is 2.40. The minimum Gasteiger partial charge on any atom is -0.387 e. The SMILES string of the molecule is CCCC1(O)CN(CC(=O)Nc2ccc(Br)cc2)C1. The summed E-state index contributed by atoms with van der Waals surface area (Å²) >= 11 is 3.35. The molecule has 0 saturated carbocycles. The molecule has 1 fully saturated rings. The van der Waals surface area contributed by atoms with Gasteiger partial charge < -0.3 is 10.4 Å². The minimum absolute atomic E-state index is 0.0409. The molecule has 1 aliphatic rings. The average Bonchev–Trinajstić information content (AvgIpc) is 2.30. The molecule has 4 nitrogen and oxygen atoms in total. The highest BCUT2D eigenvalue weighted by Crippen LogP contribution is 2.25. The summed E-state index contributed by atoms with van der Waals surface area (Å²) in [6, 6.07) is 7.48. The van der Waals surface area contributed by atoms with E-state index in [1.54, 1.807) is 0 Å². The number of halogens is 1. The topological polar surface area (TPSA) is 52.6 Å². The molecule has 104 valence electrons. The van der Waals surface area contributed by atoms with Crippen molar-refractivity contribution in [2.45, 2.75) is 25.4 Å². The number of benzene rings is 1. The normalized spacial score (nSPS) is 17.8. The van der Waals surface area contributed by atoms with Crippen LogP contribution in [0.1, 0.15) is 19.8 Å². The summed E-state index contributed by atoms with van der Waals surface area (Å²) in [4.78, 5) is 13.8. The number of likely N-dealkylation sites (tertiary alicyclic amines) is 1. The number of amides is 1. The van der Waals surface area contributed by atoms with Crippen molar-refractivity contribution < 1.29 is 9.90 Å². The van der Waals surface area contributed by atoms with Crippen LogP contribution in [0.4, 0.5) is 5.69 Å². The van der Waals surface area contributed by atoms with Crippen LogP contribution in [0.15, 0.2) is 28.7 Å². The third-order valence-electron chi connectivity index (χ3n) is 3.25. The molecule has 1 amide bonds. The van der Waals surface area contributed by atoms with Gasteiger partial charge in [0.25, 0.3) is 0 Å². The van der Waals surface area contributed by atoms with Crippen LogP contribution < -0.4 is 5.32 Å². The molecule has 1 saturated heterocycles. The number of aliphatic hydroxyl groups is 1. The van der Waals surface area contributed by atoms with Crippen molar-refractivity contribution in [3.8, 4) is 0 Å². The summed E-state index contributed by atoms with van der Waals surface area (Å²) in [5, 5.41) is 12.9. The maximum Gasteiger partial charge on any atom is 0.238 e. The molecule has 0 unspecified atom stereocenters. The van der Waals surface area contributed by atoms with Crippen LogP contribution in [-0.2, 0) is 4.79 Å². The fraction of sp³-hybridized carbons (Fsp3) is 0.500. The molecule has 1 aromatic carbocycles. The molecular formula is C14H19BrN2O2. The Kier molecular flexibility index (Phi) is 4.60. The quantitative estimate of drug-likeness (QED) is 0.872. The van der Waals surface area contributed by atoms with Crippen LogP contribution in [0.25, 0.3) is 0 Å². The third-order valence-corrected chi connectivity index (χ3v) is 3.78. The van der Waals surface area contributed by atoms with Gasteiger partial charge in [-0.3, -0.25) is 9.69 Å². The summed E-state index contributed by atoms with van der Waals surface area (Å²) in [5.74, 6) is -0.0409. The molecule has 0 aromatic heterocycles. The summed E-state index contributed by atoms with van der Waals surface area (Å²) in [7, 11) is 0. The van der Waals surface area contributed by atoms with Crippen LogP contribution in [0.5, 0.6) is 0 Å². The number of β-amino-alcohol motifs (C(OH)–C–C–N with tert-alkyl or cyclic N) is 1. The Labute approximate surface area is 121 Å². The van der Waals surface area contributed by atoms with Crippen molar-refractivity contribution in [3.63, 3.8) is 0 Å². The molecule has 0 aliphatic carbocycles. The zero-order valence-corrected chi connectivity index (χ0v) is 12.6. The molecule has 1 heterocycles. The van der Waals surface area contributed by atoms with E-state index in [9.17, 15) is 9.90 Å². The van der Waals surface area contributed by atoms with Gasteiger partial charge in [0.2, 0.25) is 5.91 Å². The van der Waals surface area contributed by atoms with Gasteiger partial charge in [0, 0.05) is 23.2 Å². The van der Waals surface area contributed by atoms with Crippen molar-refractivity contribution in [1.29, 1.82) is 0 Å². The lowest BCUT2D eigenvalue weighted by atomic mass is 9.89. The van der Waals surface area contributed by atoms with Gasteiger partial charge in [-0.2, -0.15) is 0 Å². The predicted octanol–water partition coefficient (Wildman–Crippen LogP) is 2.23. The van der Waals surface area contributed by atoms with E-state index in [0.29, 0.717) is 19.6 Å². The number of rotatable bonds is 5. The molecule has 1 aromatic rings. The van der Waals surface area contributed by atoms with Crippen LogP contribution in [0.3, 0.4) is 0 Å². The summed E-state index contributed by atoms with van der Waals surface area (Å²) < 4.78 is 0.984. The number of carbonyl (C=O) groups excluding carboxylic acids is 1. The molecule has 5 heteroatoms. The van der Waals surface area contributed by atoms with Crippen LogP contribution in [0, 0.1) is 0 Å². The maximum atomic E-state index is 11.8. The van der Waals surface area contributed by atoms with E-state index in [1.165, 1.54) is 0 Å². The second-order valence-electron chi connectivity index (χ2n) is 5.17. The first kappa shape index (κ1) is 14.5. The number of anilines is 1. The van der Waals surface area contributed by atoms with E-state index < -0.39 is 5.60 Å². The summed E-state index contributed by atoms with van der Waals surface area (Å²) in [6.07, 6.45) is 1.77. The molecule has 0 radical (unpaired) electrons. The molecule has 0 spiro atoms. The van der Waals surface area contributed by atoms with Gasteiger partial charge in [0.1, 0.15) is 0 Å². The lowest BCUT2D eigenvalue weighted by molar-refractivity contribution is -0.129. The summed E-state index contributed by atoms with van der Waals surface area (Å²) in [5.41, 5.74) is 0.213. The first-order valence-electron chi connectivity index (χ1n) is 6.51. The molecule has 1 aliphatic heterocycles. The van der Waals surface area contributed by atoms with Crippen LogP contribution in [-0.4, -0.2) is 41.1 Å². The molecule has 2 N–H and O–H groups in total. The predicted molar refractivity (Wildman–Crippen MR) is 79.1 cm³/mol. The smallest absolute Gasteiger partial charge is 0.238 e. The molecule has 0 atom stereocenters. The minimum atomic E-state index is -0.577. The van der Waals surface area contributed by atoms with Gasteiger partial charge in [0.15, 0.2) is 0 Å². The standard InChI is InChI=1S/C14H19BrN2O2/c1-2-7-14(19)9-17(10-14)8-13(18)16-12-5-3-11(15)4-6-12/h3-6,19H,2,7-10H2,1H3,(H,16,18). The Hall–Kier alpha value is -0.910. The zero-order chi connectivity index (χ0) is 13.9. The second kappa shape index (κ2) is 6.03. The van der Waals surface area contributed by atoms with Crippen molar-refractivity contribution >= 4 is 27.5 Å². The van der Waals surface area contributed by atoms with Gasteiger partial charge in [-0.15, -0.1) is 0 Å². The van der Waals surface area contributed by atoms with Gasteiger partial charge in [-0.05, 0) is 30.7 Å². The van der Waals surface area contributed by atoms with E-state index in [4.69, 9.17) is 0 Å².